The van der Waals surface area contributed by atoms with Crippen LogP contribution in [-0.4, -0.2) is 45.6 Å². The summed E-state index contributed by atoms with van der Waals surface area (Å²) < 4.78 is 33.3. The minimum absolute atomic E-state index is 0.106. The summed E-state index contributed by atoms with van der Waals surface area (Å²) >= 11 is 0. The van der Waals surface area contributed by atoms with Crippen LogP contribution < -0.4 is 15.0 Å². The number of ether oxygens (including phenoxy) is 3. The first-order valence-corrected chi connectivity index (χ1v) is 14.2. The van der Waals surface area contributed by atoms with E-state index in [0.717, 1.165) is 102 Å². The molecule has 2 heterocycles. The zero-order valence-corrected chi connectivity index (χ0v) is 22.5. The molecule has 0 unspecified atom stereocenters. The largest absolute Gasteiger partial charge is 0.496 e. The number of hydrogen-bond acceptors (Lipinski definition) is 5. The molecule has 1 aromatic rings. The molecule has 4 rings (SSSR count). The lowest BCUT2D eigenvalue weighted by molar-refractivity contribution is -0.154. The van der Waals surface area contributed by atoms with Crippen LogP contribution in [0.15, 0.2) is 12.1 Å². The van der Waals surface area contributed by atoms with E-state index in [9.17, 15) is 4.79 Å². The van der Waals surface area contributed by atoms with Crippen molar-refractivity contribution in [3.8, 4) is 5.75 Å². The van der Waals surface area contributed by atoms with Gasteiger partial charge in [-0.25, -0.2) is 4.39 Å². The SMILES string of the molecule is CCCCOC(CC1CCN(c2cc(OC)c([C@@H]3NC(=O)C34CCCC4)cc2F)CC1)OCCCC. The Balaban J connectivity index is 1.38. The van der Waals surface area contributed by atoms with Gasteiger partial charge in [0.1, 0.15) is 11.6 Å². The molecular weight excluding hydrogens is 459 g/mol. The molecule has 1 aromatic carbocycles. The van der Waals surface area contributed by atoms with Crippen LogP contribution in [-0.2, 0) is 14.3 Å². The van der Waals surface area contributed by atoms with Gasteiger partial charge in [-0.3, -0.25) is 4.79 Å². The van der Waals surface area contributed by atoms with E-state index < -0.39 is 0 Å². The number of halogens is 1. The van der Waals surface area contributed by atoms with Crippen LogP contribution in [0.1, 0.15) is 96.1 Å². The molecule has 0 aromatic heterocycles. The Bertz CT molecular complexity index is 855. The molecule has 1 aliphatic carbocycles. The summed E-state index contributed by atoms with van der Waals surface area (Å²) in [4.78, 5) is 14.6. The van der Waals surface area contributed by atoms with Crippen molar-refractivity contribution >= 4 is 11.6 Å². The molecule has 3 aliphatic rings. The Hall–Kier alpha value is -1.86. The van der Waals surface area contributed by atoms with Crippen molar-refractivity contribution in [1.82, 2.24) is 5.32 Å². The highest BCUT2D eigenvalue weighted by atomic mass is 19.1. The van der Waals surface area contributed by atoms with E-state index in [1.807, 2.05) is 6.07 Å². The first-order chi connectivity index (χ1) is 17.5. The molecule has 0 bridgehead atoms. The second kappa shape index (κ2) is 12.6. The molecule has 36 heavy (non-hydrogen) atoms. The van der Waals surface area contributed by atoms with E-state index in [-0.39, 0.29) is 29.5 Å². The number of rotatable bonds is 13. The highest BCUT2D eigenvalue weighted by molar-refractivity contribution is 5.91. The third-order valence-electron chi connectivity index (χ3n) is 8.47. The summed E-state index contributed by atoms with van der Waals surface area (Å²) in [6, 6.07) is 3.28. The fourth-order valence-electron chi connectivity index (χ4n) is 6.15. The third-order valence-corrected chi connectivity index (χ3v) is 8.47. The summed E-state index contributed by atoms with van der Waals surface area (Å²) in [5.74, 6) is 1.04. The predicted molar refractivity (Wildman–Crippen MR) is 140 cm³/mol. The Labute approximate surface area is 216 Å². The first-order valence-electron chi connectivity index (χ1n) is 14.2. The summed E-state index contributed by atoms with van der Waals surface area (Å²) in [5.41, 5.74) is 0.982. The molecule has 0 radical (unpaired) electrons. The molecule has 2 saturated heterocycles. The van der Waals surface area contributed by atoms with Gasteiger partial charge in [0.2, 0.25) is 5.91 Å². The van der Waals surface area contributed by atoms with Crippen molar-refractivity contribution in [2.45, 2.75) is 96.8 Å². The van der Waals surface area contributed by atoms with Crippen molar-refractivity contribution in [2.75, 3.05) is 38.3 Å². The number of carbonyl (C=O) groups is 1. The van der Waals surface area contributed by atoms with E-state index in [1.165, 1.54) is 0 Å². The zero-order chi connectivity index (χ0) is 25.5. The van der Waals surface area contributed by atoms with Crippen molar-refractivity contribution in [2.24, 2.45) is 11.3 Å². The topological polar surface area (TPSA) is 60.0 Å². The highest BCUT2D eigenvalue weighted by Crippen LogP contribution is 2.55. The number of anilines is 1. The van der Waals surface area contributed by atoms with Crippen LogP contribution in [0.5, 0.6) is 5.75 Å². The Morgan fingerprint density at radius 1 is 1.08 bits per heavy atom. The first kappa shape index (κ1) is 27.2. The van der Waals surface area contributed by atoms with Crippen LogP contribution >= 0.6 is 0 Å². The molecular formula is C29H45FN2O4. The van der Waals surface area contributed by atoms with E-state index in [1.54, 1.807) is 13.2 Å². The van der Waals surface area contributed by atoms with Gasteiger partial charge in [0.25, 0.3) is 0 Å². The smallest absolute Gasteiger partial charge is 0.229 e. The van der Waals surface area contributed by atoms with Gasteiger partial charge in [-0.15, -0.1) is 0 Å². The minimum atomic E-state index is -0.380. The molecule has 202 valence electrons. The van der Waals surface area contributed by atoms with E-state index >= 15 is 4.39 Å². The fraction of sp³-hybridized carbons (Fsp3) is 0.759. The molecule has 2 aliphatic heterocycles. The van der Waals surface area contributed by atoms with Gasteiger partial charge in [-0.05, 0) is 50.5 Å². The lowest BCUT2D eigenvalue weighted by Crippen LogP contribution is -2.59. The number of carbonyl (C=O) groups excluding carboxylic acids is 1. The summed E-state index contributed by atoms with van der Waals surface area (Å²) in [7, 11) is 1.63. The van der Waals surface area contributed by atoms with E-state index in [0.29, 0.717) is 17.4 Å². The molecule has 3 fully saturated rings. The van der Waals surface area contributed by atoms with E-state index in [4.69, 9.17) is 14.2 Å². The molecule has 1 N–H and O–H groups in total. The molecule has 1 saturated carbocycles. The number of benzene rings is 1. The van der Waals surface area contributed by atoms with Crippen LogP contribution in [0, 0.1) is 17.2 Å². The van der Waals surface area contributed by atoms with Crippen LogP contribution in [0.25, 0.3) is 0 Å². The number of nitrogens with zero attached hydrogens (tertiary/aromatic N) is 1. The molecule has 1 spiro atoms. The van der Waals surface area contributed by atoms with Crippen molar-refractivity contribution in [3.63, 3.8) is 0 Å². The Kier molecular flexibility index (Phi) is 9.51. The average molecular weight is 505 g/mol. The van der Waals surface area contributed by atoms with Crippen molar-refractivity contribution in [1.29, 1.82) is 0 Å². The van der Waals surface area contributed by atoms with Gasteiger partial charge in [0, 0.05) is 44.4 Å². The second-order valence-corrected chi connectivity index (χ2v) is 10.9. The number of amides is 1. The summed E-state index contributed by atoms with van der Waals surface area (Å²) in [5, 5.41) is 3.03. The number of unbranched alkanes of at least 4 members (excludes halogenated alkanes) is 2. The maximum Gasteiger partial charge on any atom is 0.229 e. The van der Waals surface area contributed by atoms with Gasteiger partial charge in [0.15, 0.2) is 6.29 Å². The molecule has 1 atom stereocenters. The third kappa shape index (κ3) is 5.83. The van der Waals surface area contributed by atoms with Crippen LogP contribution in [0.3, 0.4) is 0 Å². The molecule has 1 amide bonds. The molecule has 7 heteroatoms. The number of hydrogen-bond donors (Lipinski definition) is 1. The maximum absolute atomic E-state index is 15.4. The van der Waals surface area contributed by atoms with Gasteiger partial charge in [0.05, 0.1) is 24.3 Å². The molecule has 6 nitrogen and oxygen atoms in total. The van der Waals surface area contributed by atoms with Gasteiger partial charge >= 0.3 is 0 Å². The lowest BCUT2D eigenvalue weighted by Gasteiger charge is -2.47. The van der Waals surface area contributed by atoms with Crippen LogP contribution in [0.4, 0.5) is 10.1 Å². The monoisotopic (exact) mass is 504 g/mol. The average Bonchev–Trinajstić information content (AvgIpc) is 3.41. The summed E-state index contributed by atoms with van der Waals surface area (Å²) in [6.07, 6.45) is 10.9. The zero-order valence-electron chi connectivity index (χ0n) is 22.5. The van der Waals surface area contributed by atoms with Crippen LogP contribution in [0.2, 0.25) is 0 Å². The van der Waals surface area contributed by atoms with Gasteiger partial charge in [-0.2, -0.15) is 0 Å². The quantitative estimate of drug-likeness (QED) is 0.199. The standard InChI is InChI=1S/C29H45FN2O4/c1-4-6-16-35-26(36-17-7-5-2)18-21-10-14-32(15-11-21)24-20-25(34-3)22(19-23(24)30)27-29(28(33)31-27)12-8-9-13-29/h19-21,26-27H,4-18H2,1-3H3,(H,31,33)/t27-/m0/s1. The van der Waals surface area contributed by atoms with Gasteiger partial charge in [-0.1, -0.05) is 39.5 Å². The maximum atomic E-state index is 15.4. The van der Waals surface area contributed by atoms with Crippen molar-refractivity contribution in [3.05, 3.63) is 23.5 Å². The normalized spacial score (nSPS) is 21.8. The minimum Gasteiger partial charge on any atom is -0.496 e. The fourth-order valence-corrected chi connectivity index (χ4v) is 6.15. The number of piperidine rings is 1. The lowest BCUT2D eigenvalue weighted by atomic mass is 9.68. The Morgan fingerprint density at radius 2 is 1.72 bits per heavy atom. The Morgan fingerprint density at radius 3 is 2.28 bits per heavy atom. The summed E-state index contributed by atoms with van der Waals surface area (Å²) in [6.45, 7) is 7.41. The second-order valence-electron chi connectivity index (χ2n) is 10.9. The number of methoxy groups -OCH3 is 1. The van der Waals surface area contributed by atoms with Gasteiger partial charge < -0.3 is 24.4 Å². The number of β-lactam (4-membered cyclic amide) rings is 1. The van der Waals surface area contributed by atoms with E-state index in [2.05, 4.69) is 24.1 Å². The number of nitrogens with one attached hydrogen (secondary N) is 1. The highest BCUT2D eigenvalue weighted by Gasteiger charge is 2.57. The van der Waals surface area contributed by atoms with Crippen molar-refractivity contribution < 1.29 is 23.4 Å². The predicted octanol–water partition coefficient (Wildman–Crippen LogP) is 6.13.